The maximum absolute atomic E-state index is 4.01. The Bertz CT molecular complexity index is 278. The average molecular weight is 147 g/mol. The molecule has 0 amide bonds. The van der Waals surface area contributed by atoms with Crippen molar-refractivity contribution in [1.82, 2.24) is 10.2 Å². The van der Waals surface area contributed by atoms with Crippen molar-refractivity contribution >= 4 is 18.1 Å². The van der Waals surface area contributed by atoms with Gasteiger partial charge in [0.2, 0.25) is 0 Å². The molecule has 0 radical (unpaired) electrons. The lowest BCUT2D eigenvalue weighted by molar-refractivity contribution is 1.02. The van der Waals surface area contributed by atoms with Gasteiger partial charge in [-0.1, -0.05) is 12.7 Å². The lowest BCUT2D eigenvalue weighted by Gasteiger charge is -1.94. The lowest BCUT2D eigenvalue weighted by Crippen LogP contribution is -1.82. The fourth-order valence-corrected chi connectivity index (χ4v) is 0.716. The Labute approximate surface area is 65.5 Å². The molecule has 0 aromatic carbocycles. The summed E-state index contributed by atoms with van der Waals surface area (Å²) in [7, 11) is 0. The molecule has 1 heterocycles. The first-order chi connectivity index (χ1) is 5.38. The highest BCUT2D eigenvalue weighted by Gasteiger charge is 1.94. The van der Waals surface area contributed by atoms with E-state index in [-0.39, 0.29) is 0 Å². The van der Waals surface area contributed by atoms with Crippen LogP contribution in [0.4, 0.5) is 5.82 Å². The van der Waals surface area contributed by atoms with Crippen molar-refractivity contribution in [1.29, 1.82) is 0 Å². The smallest absolute Gasteiger partial charge is 0.181 e. The van der Waals surface area contributed by atoms with Crippen molar-refractivity contribution in [2.75, 3.05) is 0 Å². The molecule has 0 spiro atoms. The van der Waals surface area contributed by atoms with Crippen LogP contribution in [0.15, 0.2) is 23.8 Å². The summed E-state index contributed by atoms with van der Waals surface area (Å²) in [6.45, 7) is 5.47. The quantitative estimate of drug-likeness (QED) is 0.598. The SMILES string of the molecule is C=Cc1ccnnc1/N=C\C. The molecule has 1 rings (SSSR count). The maximum atomic E-state index is 4.01. The molecule has 0 aliphatic carbocycles. The Morgan fingerprint density at radius 2 is 2.45 bits per heavy atom. The van der Waals surface area contributed by atoms with Gasteiger partial charge in [0, 0.05) is 11.8 Å². The van der Waals surface area contributed by atoms with Crippen LogP contribution in [0.2, 0.25) is 0 Å². The third-order valence-corrected chi connectivity index (χ3v) is 1.20. The molecule has 0 bridgehead atoms. The summed E-state index contributed by atoms with van der Waals surface area (Å²) in [4.78, 5) is 4.01. The van der Waals surface area contributed by atoms with Crippen molar-refractivity contribution in [2.45, 2.75) is 6.92 Å². The highest BCUT2D eigenvalue weighted by Crippen LogP contribution is 2.13. The lowest BCUT2D eigenvalue weighted by atomic mass is 10.3. The summed E-state index contributed by atoms with van der Waals surface area (Å²) in [5, 5.41) is 7.52. The summed E-state index contributed by atoms with van der Waals surface area (Å²) in [5.41, 5.74) is 0.901. The predicted molar refractivity (Wildman–Crippen MR) is 45.9 cm³/mol. The topological polar surface area (TPSA) is 38.1 Å². The van der Waals surface area contributed by atoms with Gasteiger partial charge < -0.3 is 0 Å². The van der Waals surface area contributed by atoms with E-state index < -0.39 is 0 Å². The monoisotopic (exact) mass is 147 g/mol. The Hall–Kier alpha value is -1.51. The van der Waals surface area contributed by atoms with Gasteiger partial charge >= 0.3 is 0 Å². The van der Waals surface area contributed by atoms with Crippen LogP contribution in [0.5, 0.6) is 0 Å². The van der Waals surface area contributed by atoms with Crippen LogP contribution in [0.1, 0.15) is 12.5 Å². The van der Waals surface area contributed by atoms with Crippen LogP contribution in [-0.2, 0) is 0 Å². The van der Waals surface area contributed by atoms with E-state index in [4.69, 9.17) is 0 Å². The molecule has 1 aromatic rings. The number of aromatic nitrogens is 2. The van der Waals surface area contributed by atoms with E-state index in [1.807, 2.05) is 13.0 Å². The fourth-order valence-electron chi connectivity index (χ4n) is 0.716. The van der Waals surface area contributed by atoms with Gasteiger partial charge in [-0.25, -0.2) is 4.99 Å². The van der Waals surface area contributed by atoms with E-state index in [1.54, 1.807) is 18.5 Å². The standard InChI is InChI=1S/C8H9N3/c1-3-7-5-6-10-11-8(7)9-4-2/h3-6H,1H2,2H3/b9-4-. The molecule has 3 nitrogen and oxygen atoms in total. The molecule has 0 fully saturated rings. The summed E-state index contributed by atoms with van der Waals surface area (Å²) in [5.74, 6) is 0.616. The first kappa shape index (κ1) is 7.60. The largest absolute Gasteiger partial charge is 0.240 e. The van der Waals surface area contributed by atoms with Crippen LogP contribution in [-0.4, -0.2) is 16.4 Å². The summed E-state index contributed by atoms with van der Waals surface area (Å²) < 4.78 is 0. The number of hydrogen-bond donors (Lipinski definition) is 0. The predicted octanol–water partition coefficient (Wildman–Crippen LogP) is 1.84. The van der Waals surface area contributed by atoms with Gasteiger partial charge in [0.15, 0.2) is 5.82 Å². The van der Waals surface area contributed by atoms with Gasteiger partial charge in [-0.2, -0.15) is 5.10 Å². The van der Waals surface area contributed by atoms with Crippen molar-refractivity contribution in [3.8, 4) is 0 Å². The molecule has 1 aromatic heterocycles. The zero-order chi connectivity index (χ0) is 8.10. The highest BCUT2D eigenvalue weighted by atomic mass is 15.1. The molecule has 0 aliphatic heterocycles. The van der Waals surface area contributed by atoms with Gasteiger partial charge in [-0.3, -0.25) is 0 Å². The van der Waals surface area contributed by atoms with E-state index in [1.165, 1.54) is 0 Å². The van der Waals surface area contributed by atoms with Crippen molar-refractivity contribution < 1.29 is 0 Å². The summed E-state index contributed by atoms with van der Waals surface area (Å²) >= 11 is 0. The molecule has 0 N–H and O–H groups in total. The maximum Gasteiger partial charge on any atom is 0.181 e. The number of hydrogen-bond acceptors (Lipinski definition) is 3. The third kappa shape index (κ3) is 1.70. The summed E-state index contributed by atoms with van der Waals surface area (Å²) in [6, 6.07) is 1.82. The normalized spacial score (nSPS) is 10.3. The van der Waals surface area contributed by atoms with Crippen molar-refractivity contribution in [3.05, 3.63) is 24.4 Å². The minimum atomic E-state index is 0.616. The molecule has 11 heavy (non-hydrogen) atoms. The van der Waals surface area contributed by atoms with Crippen LogP contribution in [0, 0.1) is 0 Å². The Morgan fingerprint density at radius 3 is 3.09 bits per heavy atom. The van der Waals surface area contributed by atoms with Gasteiger partial charge in [-0.05, 0) is 13.0 Å². The van der Waals surface area contributed by atoms with Gasteiger partial charge in [0.1, 0.15) is 0 Å². The zero-order valence-electron chi connectivity index (χ0n) is 6.36. The van der Waals surface area contributed by atoms with Crippen molar-refractivity contribution in [3.63, 3.8) is 0 Å². The second-order valence-electron chi connectivity index (χ2n) is 1.90. The Kier molecular flexibility index (Phi) is 2.49. The Balaban J connectivity index is 3.11. The van der Waals surface area contributed by atoms with Gasteiger partial charge in [0.05, 0.1) is 6.20 Å². The first-order valence-corrected chi connectivity index (χ1v) is 3.31. The molecule has 0 saturated heterocycles. The average Bonchev–Trinajstić information content (AvgIpc) is 2.06. The fraction of sp³-hybridized carbons (Fsp3) is 0.125. The van der Waals surface area contributed by atoms with Crippen molar-refractivity contribution in [2.24, 2.45) is 4.99 Å². The molecule has 0 unspecified atom stereocenters. The summed E-state index contributed by atoms with van der Waals surface area (Å²) in [6.07, 6.45) is 5.00. The van der Waals surface area contributed by atoms with Crippen LogP contribution in [0.3, 0.4) is 0 Å². The molecule has 0 atom stereocenters. The Morgan fingerprint density at radius 1 is 1.64 bits per heavy atom. The number of aliphatic imine (C=N–C) groups is 1. The van der Waals surface area contributed by atoms with E-state index in [9.17, 15) is 0 Å². The zero-order valence-corrected chi connectivity index (χ0v) is 6.36. The van der Waals surface area contributed by atoms with Gasteiger partial charge in [0.25, 0.3) is 0 Å². The van der Waals surface area contributed by atoms with Crippen LogP contribution >= 0.6 is 0 Å². The molecule has 3 heteroatoms. The molecule has 56 valence electrons. The molecule has 0 saturated carbocycles. The number of rotatable bonds is 2. The van der Waals surface area contributed by atoms with E-state index >= 15 is 0 Å². The minimum absolute atomic E-state index is 0.616. The molecular weight excluding hydrogens is 138 g/mol. The first-order valence-electron chi connectivity index (χ1n) is 3.31. The van der Waals surface area contributed by atoms with Crippen LogP contribution in [0.25, 0.3) is 6.08 Å². The van der Waals surface area contributed by atoms with Gasteiger partial charge in [-0.15, -0.1) is 5.10 Å². The molecule has 0 aliphatic rings. The third-order valence-electron chi connectivity index (χ3n) is 1.20. The molecular formula is C8H9N3. The second-order valence-corrected chi connectivity index (χ2v) is 1.90. The number of nitrogens with zero attached hydrogens (tertiary/aromatic N) is 3. The van der Waals surface area contributed by atoms with E-state index in [0.29, 0.717) is 5.82 Å². The highest BCUT2D eigenvalue weighted by molar-refractivity contribution is 5.65. The second kappa shape index (κ2) is 3.61. The van der Waals surface area contributed by atoms with E-state index in [2.05, 4.69) is 21.8 Å². The minimum Gasteiger partial charge on any atom is -0.240 e. The van der Waals surface area contributed by atoms with Crippen LogP contribution < -0.4 is 0 Å². The van der Waals surface area contributed by atoms with E-state index in [0.717, 1.165) is 5.56 Å².